The number of methoxy groups -OCH3 is 1. The van der Waals surface area contributed by atoms with Crippen molar-refractivity contribution in [2.75, 3.05) is 7.11 Å². The average Bonchev–Trinajstić information content (AvgIpc) is 2.79. The molecule has 0 N–H and O–H groups in total. The summed E-state index contributed by atoms with van der Waals surface area (Å²) in [5.41, 5.74) is 0.704. The van der Waals surface area contributed by atoms with E-state index >= 15 is 0 Å². The Bertz CT molecular complexity index is 665. The van der Waals surface area contributed by atoms with Gasteiger partial charge in [-0.25, -0.2) is 9.18 Å². The van der Waals surface area contributed by atoms with Gasteiger partial charge in [-0.3, -0.25) is 4.68 Å². The van der Waals surface area contributed by atoms with Crippen LogP contribution in [-0.2, 0) is 0 Å². The van der Waals surface area contributed by atoms with Crippen molar-refractivity contribution in [1.29, 1.82) is 0 Å². The van der Waals surface area contributed by atoms with Gasteiger partial charge in [-0.1, -0.05) is 0 Å². The normalized spacial score (nSPS) is 10.8. The van der Waals surface area contributed by atoms with Crippen LogP contribution in [0.15, 0.2) is 24.3 Å². The third-order valence-corrected chi connectivity index (χ3v) is 2.98. The number of halogens is 1. The number of aryl methyl sites for hydroxylation is 1. The van der Waals surface area contributed by atoms with Crippen molar-refractivity contribution in [3.63, 3.8) is 0 Å². The molecule has 0 bridgehead atoms. The summed E-state index contributed by atoms with van der Waals surface area (Å²) < 4.78 is 25.5. The van der Waals surface area contributed by atoms with Gasteiger partial charge < -0.3 is 9.47 Å². The first-order chi connectivity index (χ1) is 9.92. The molecule has 0 radical (unpaired) electrons. The highest BCUT2D eigenvalue weighted by Crippen LogP contribution is 2.20. The Kier molecular flexibility index (Phi) is 4.26. The molecule has 0 fully saturated rings. The van der Waals surface area contributed by atoms with Crippen LogP contribution in [-0.4, -0.2) is 22.9 Å². The Labute approximate surface area is 122 Å². The molecular weight excluding hydrogens is 275 g/mol. The van der Waals surface area contributed by atoms with E-state index < -0.39 is 11.8 Å². The third-order valence-electron chi connectivity index (χ3n) is 2.98. The van der Waals surface area contributed by atoms with E-state index in [1.54, 1.807) is 10.7 Å². The fourth-order valence-electron chi connectivity index (χ4n) is 1.97. The zero-order valence-electron chi connectivity index (χ0n) is 12.4. The molecule has 1 heterocycles. The zero-order chi connectivity index (χ0) is 15.6. The highest BCUT2D eigenvalue weighted by Gasteiger charge is 2.17. The number of benzene rings is 1. The molecule has 1 aromatic heterocycles. The van der Waals surface area contributed by atoms with E-state index in [1.165, 1.54) is 19.2 Å². The van der Waals surface area contributed by atoms with Gasteiger partial charge in [0.15, 0.2) is 0 Å². The Morgan fingerprint density at radius 1 is 1.33 bits per heavy atom. The summed E-state index contributed by atoms with van der Waals surface area (Å²) in [5.74, 6) is -0.992. The second-order valence-corrected chi connectivity index (χ2v) is 4.90. The monoisotopic (exact) mass is 292 g/mol. The van der Waals surface area contributed by atoms with Crippen molar-refractivity contribution in [1.82, 2.24) is 9.78 Å². The van der Waals surface area contributed by atoms with Crippen LogP contribution in [0.1, 0.15) is 35.9 Å². The van der Waals surface area contributed by atoms with Gasteiger partial charge in [0, 0.05) is 23.9 Å². The van der Waals surface area contributed by atoms with E-state index in [4.69, 9.17) is 9.47 Å². The highest BCUT2D eigenvalue weighted by molar-refractivity contribution is 5.91. The molecule has 0 unspecified atom stereocenters. The molecule has 0 aliphatic carbocycles. The van der Waals surface area contributed by atoms with Gasteiger partial charge in [0.1, 0.15) is 11.6 Å². The minimum atomic E-state index is -0.788. The van der Waals surface area contributed by atoms with E-state index in [-0.39, 0.29) is 17.5 Å². The smallest absolute Gasteiger partial charge is 0.347 e. The molecule has 0 spiro atoms. The summed E-state index contributed by atoms with van der Waals surface area (Å²) in [5, 5.41) is 4.16. The van der Waals surface area contributed by atoms with Gasteiger partial charge in [-0.15, -0.1) is 5.10 Å². The van der Waals surface area contributed by atoms with Crippen LogP contribution in [0.5, 0.6) is 11.6 Å². The lowest BCUT2D eigenvalue weighted by Gasteiger charge is -2.07. The maximum absolute atomic E-state index is 13.8. The van der Waals surface area contributed by atoms with Crippen LogP contribution in [0.25, 0.3) is 0 Å². The molecule has 0 aliphatic heterocycles. The van der Waals surface area contributed by atoms with Gasteiger partial charge >= 0.3 is 5.97 Å². The van der Waals surface area contributed by atoms with E-state index in [0.717, 1.165) is 11.8 Å². The standard InChI is InChI=1S/C15H17FN2O3/c1-9(2)18-10(3)7-14(17-18)21-15(19)12-6-5-11(20-4)8-13(12)16/h5-9H,1-4H3. The summed E-state index contributed by atoms with van der Waals surface area (Å²) in [6.45, 7) is 5.79. The summed E-state index contributed by atoms with van der Waals surface area (Å²) >= 11 is 0. The first kappa shape index (κ1) is 15.0. The fraction of sp³-hybridized carbons (Fsp3) is 0.333. The summed E-state index contributed by atoms with van der Waals surface area (Å²) in [4.78, 5) is 12.0. The number of esters is 1. The topological polar surface area (TPSA) is 53.4 Å². The van der Waals surface area contributed by atoms with Crippen molar-refractivity contribution in [2.45, 2.75) is 26.8 Å². The van der Waals surface area contributed by atoms with Crippen LogP contribution >= 0.6 is 0 Å². The lowest BCUT2D eigenvalue weighted by atomic mass is 10.2. The van der Waals surface area contributed by atoms with Crippen molar-refractivity contribution in [3.8, 4) is 11.6 Å². The molecule has 2 aromatic rings. The molecule has 0 saturated carbocycles. The first-order valence-corrected chi connectivity index (χ1v) is 6.54. The summed E-state index contributed by atoms with van der Waals surface area (Å²) in [6.07, 6.45) is 0. The minimum absolute atomic E-state index is 0.148. The first-order valence-electron chi connectivity index (χ1n) is 6.54. The predicted molar refractivity (Wildman–Crippen MR) is 75.3 cm³/mol. The Balaban J connectivity index is 2.20. The second-order valence-electron chi connectivity index (χ2n) is 4.90. The maximum Gasteiger partial charge on any atom is 0.347 e. The third kappa shape index (κ3) is 3.21. The molecular formula is C15H17FN2O3. The number of rotatable bonds is 4. The quantitative estimate of drug-likeness (QED) is 0.812. The fourth-order valence-corrected chi connectivity index (χ4v) is 1.97. The Morgan fingerprint density at radius 3 is 2.57 bits per heavy atom. The second kappa shape index (κ2) is 5.95. The Morgan fingerprint density at radius 2 is 2.05 bits per heavy atom. The number of nitrogens with zero attached hydrogens (tertiary/aromatic N) is 2. The van der Waals surface area contributed by atoms with Crippen molar-refractivity contribution >= 4 is 5.97 Å². The molecule has 21 heavy (non-hydrogen) atoms. The van der Waals surface area contributed by atoms with Gasteiger partial charge in [0.25, 0.3) is 0 Å². The highest BCUT2D eigenvalue weighted by atomic mass is 19.1. The van der Waals surface area contributed by atoms with Crippen LogP contribution in [0.4, 0.5) is 4.39 Å². The van der Waals surface area contributed by atoms with Crippen molar-refractivity contribution in [3.05, 3.63) is 41.3 Å². The number of hydrogen-bond acceptors (Lipinski definition) is 4. The van der Waals surface area contributed by atoms with E-state index in [9.17, 15) is 9.18 Å². The molecule has 112 valence electrons. The number of carbonyl (C=O) groups is 1. The maximum atomic E-state index is 13.8. The predicted octanol–water partition coefficient (Wildman–Crippen LogP) is 3.14. The summed E-state index contributed by atoms with van der Waals surface area (Å²) in [6, 6.07) is 5.74. The Hall–Kier alpha value is -2.37. The molecule has 0 amide bonds. The van der Waals surface area contributed by atoms with Crippen molar-refractivity contribution < 1.29 is 18.7 Å². The molecule has 5 nitrogen and oxygen atoms in total. The van der Waals surface area contributed by atoms with Gasteiger partial charge in [0.2, 0.25) is 5.88 Å². The minimum Gasteiger partial charge on any atom is -0.497 e. The largest absolute Gasteiger partial charge is 0.497 e. The molecule has 6 heteroatoms. The SMILES string of the molecule is COc1ccc(C(=O)Oc2cc(C)n(C(C)C)n2)c(F)c1. The van der Waals surface area contributed by atoms with E-state index in [0.29, 0.717) is 5.75 Å². The zero-order valence-corrected chi connectivity index (χ0v) is 12.4. The molecule has 2 rings (SSSR count). The number of hydrogen-bond donors (Lipinski definition) is 0. The van der Waals surface area contributed by atoms with Gasteiger partial charge in [-0.2, -0.15) is 0 Å². The van der Waals surface area contributed by atoms with Crippen LogP contribution in [0.3, 0.4) is 0 Å². The van der Waals surface area contributed by atoms with Crippen LogP contribution in [0.2, 0.25) is 0 Å². The molecule has 0 atom stereocenters. The van der Waals surface area contributed by atoms with E-state index in [1.807, 2.05) is 20.8 Å². The molecule has 0 saturated heterocycles. The van der Waals surface area contributed by atoms with Crippen molar-refractivity contribution in [2.24, 2.45) is 0 Å². The average molecular weight is 292 g/mol. The van der Waals surface area contributed by atoms with E-state index in [2.05, 4.69) is 5.10 Å². The molecule has 0 aliphatic rings. The number of carbonyl (C=O) groups excluding carboxylic acids is 1. The molecule has 1 aromatic carbocycles. The van der Waals surface area contributed by atoms with Gasteiger partial charge in [0.05, 0.1) is 12.7 Å². The number of ether oxygens (including phenoxy) is 2. The van der Waals surface area contributed by atoms with Crippen LogP contribution in [0, 0.1) is 12.7 Å². The lowest BCUT2D eigenvalue weighted by Crippen LogP contribution is -2.12. The number of aromatic nitrogens is 2. The van der Waals surface area contributed by atoms with Crippen LogP contribution < -0.4 is 9.47 Å². The lowest BCUT2D eigenvalue weighted by molar-refractivity contribution is 0.0721. The summed E-state index contributed by atoms with van der Waals surface area (Å²) in [7, 11) is 1.42. The van der Waals surface area contributed by atoms with Gasteiger partial charge in [-0.05, 0) is 32.9 Å².